The summed E-state index contributed by atoms with van der Waals surface area (Å²) < 4.78 is 22.3. The van der Waals surface area contributed by atoms with Gasteiger partial charge in [-0.2, -0.15) is 0 Å². The molecule has 1 aromatic heterocycles. The van der Waals surface area contributed by atoms with Crippen molar-refractivity contribution in [2.75, 3.05) is 20.8 Å². The number of methoxy groups -OCH3 is 2. The maximum Gasteiger partial charge on any atom is 0.203 e. The molecule has 1 N–H and O–H groups in total. The van der Waals surface area contributed by atoms with E-state index in [1.54, 1.807) is 20.5 Å². The van der Waals surface area contributed by atoms with Gasteiger partial charge in [0.15, 0.2) is 11.5 Å². The zero-order valence-electron chi connectivity index (χ0n) is 15.9. The minimum atomic E-state index is -0.0511. The summed E-state index contributed by atoms with van der Waals surface area (Å²) in [6.45, 7) is 3.08. The van der Waals surface area contributed by atoms with Gasteiger partial charge < -0.3 is 18.6 Å². The normalized spacial score (nSPS) is 11.8. The molecule has 142 valence electrons. The summed E-state index contributed by atoms with van der Waals surface area (Å²) in [6, 6.07) is 18.0. The minimum absolute atomic E-state index is 0.0511. The summed E-state index contributed by atoms with van der Waals surface area (Å²) in [5, 5.41) is 3.56. The Morgan fingerprint density at radius 2 is 1.67 bits per heavy atom. The lowest BCUT2D eigenvalue weighted by Crippen LogP contribution is -2.21. The van der Waals surface area contributed by atoms with Crippen LogP contribution in [0, 0.1) is 0 Å². The first-order chi connectivity index (χ1) is 13.3. The number of ether oxygens (including phenoxy) is 3. The van der Waals surface area contributed by atoms with Crippen LogP contribution in [0.5, 0.6) is 17.2 Å². The maximum absolute atomic E-state index is 5.67. The molecule has 1 unspecified atom stereocenters. The van der Waals surface area contributed by atoms with Crippen molar-refractivity contribution in [3.8, 4) is 17.2 Å². The SMILES string of the molecule is CCOc1c(OC)cc(CNC(c2ccccc2)c2ccco2)cc1OC. The summed E-state index contributed by atoms with van der Waals surface area (Å²) >= 11 is 0. The first kappa shape index (κ1) is 18.9. The average Bonchev–Trinajstić information content (AvgIpc) is 3.24. The van der Waals surface area contributed by atoms with Gasteiger partial charge >= 0.3 is 0 Å². The van der Waals surface area contributed by atoms with Gasteiger partial charge in [0.25, 0.3) is 0 Å². The number of nitrogens with one attached hydrogen (secondary N) is 1. The van der Waals surface area contributed by atoms with Gasteiger partial charge in [-0.05, 0) is 42.3 Å². The fourth-order valence-electron chi connectivity index (χ4n) is 3.03. The summed E-state index contributed by atoms with van der Waals surface area (Å²) in [5.74, 6) is 2.80. The van der Waals surface area contributed by atoms with E-state index in [4.69, 9.17) is 18.6 Å². The van der Waals surface area contributed by atoms with E-state index in [0.717, 1.165) is 16.9 Å². The van der Waals surface area contributed by atoms with Crippen LogP contribution in [0.3, 0.4) is 0 Å². The first-order valence-corrected chi connectivity index (χ1v) is 8.96. The van der Waals surface area contributed by atoms with E-state index in [1.807, 2.05) is 49.4 Å². The molecule has 0 amide bonds. The van der Waals surface area contributed by atoms with Crippen LogP contribution < -0.4 is 19.5 Å². The van der Waals surface area contributed by atoms with Crippen LogP contribution in [-0.4, -0.2) is 20.8 Å². The Kier molecular flexibility index (Phi) is 6.39. The highest BCUT2D eigenvalue weighted by Gasteiger charge is 2.18. The predicted octanol–water partition coefficient (Wildman–Crippen LogP) is 4.57. The Bertz CT molecular complexity index is 806. The number of benzene rings is 2. The van der Waals surface area contributed by atoms with Crippen LogP contribution in [0.15, 0.2) is 65.3 Å². The highest BCUT2D eigenvalue weighted by molar-refractivity contribution is 5.54. The van der Waals surface area contributed by atoms with Crippen molar-refractivity contribution in [1.82, 2.24) is 5.32 Å². The second-order valence-corrected chi connectivity index (χ2v) is 6.00. The van der Waals surface area contributed by atoms with Gasteiger partial charge in [-0.3, -0.25) is 5.32 Å². The van der Waals surface area contributed by atoms with Crippen LogP contribution in [0.2, 0.25) is 0 Å². The highest BCUT2D eigenvalue weighted by atomic mass is 16.5. The fourth-order valence-corrected chi connectivity index (χ4v) is 3.03. The molecule has 1 atom stereocenters. The third-order valence-electron chi connectivity index (χ3n) is 4.28. The van der Waals surface area contributed by atoms with Gasteiger partial charge in [0.1, 0.15) is 5.76 Å². The van der Waals surface area contributed by atoms with Crippen LogP contribution in [0.4, 0.5) is 0 Å². The van der Waals surface area contributed by atoms with Gasteiger partial charge in [-0.15, -0.1) is 0 Å². The smallest absolute Gasteiger partial charge is 0.203 e. The topological polar surface area (TPSA) is 52.9 Å². The molecular weight excluding hydrogens is 342 g/mol. The number of hydrogen-bond donors (Lipinski definition) is 1. The van der Waals surface area contributed by atoms with Gasteiger partial charge in [0, 0.05) is 6.54 Å². The van der Waals surface area contributed by atoms with Crippen LogP contribution in [0.25, 0.3) is 0 Å². The van der Waals surface area contributed by atoms with Crippen molar-refractivity contribution < 1.29 is 18.6 Å². The van der Waals surface area contributed by atoms with E-state index >= 15 is 0 Å². The first-order valence-electron chi connectivity index (χ1n) is 8.96. The minimum Gasteiger partial charge on any atom is -0.493 e. The molecule has 0 aliphatic carbocycles. The lowest BCUT2D eigenvalue weighted by Gasteiger charge is -2.19. The van der Waals surface area contributed by atoms with Crippen molar-refractivity contribution in [3.05, 3.63) is 77.7 Å². The van der Waals surface area contributed by atoms with Gasteiger partial charge in [-0.1, -0.05) is 30.3 Å². The molecule has 0 saturated heterocycles. The standard InChI is InChI=1S/C22H25NO4/c1-4-26-22-19(24-2)13-16(14-20(22)25-3)15-23-21(18-11-8-12-27-18)17-9-6-5-7-10-17/h5-14,21,23H,4,15H2,1-3H3. The molecule has 0 bridgehead atoms. The van der Waals surface area contributed by atoms with Gasteiger partial charge in [-0.25, -0.2) is 0 Å². The van der Waals surface area contributed by atoms with Crippen LogP contribution in [0.1, 0.15) is 29.9 Å². The molecule has 0 aliphatic rings. The molecule has 2 aromatic carbocycles. The monoisotopic (exact) mass is 367 g/mol. The molecule has 5 heteroatoms. The average molecular weight is 367 g/mol. The summed E-state index contributed by atoms with van der Waals surface area (Å²) in [6.07, 6.45) is 1.69. The molecule has 27 heavy (non-hydrogen) atoms. The van der Waals surface area contributed by atoms with Crippen molar-refractivity contribution in [2.24, 2.45) is 0 Å². The van der Waals surface area contributed by atoms with E-state index in [2.05, 4.69) is 17.4 Å². The molecule has 1 heterocycles. The highest BCUT2D eigenvalue weighted by Crippen LogP contribution is 2.38. The summed E-state index contributed by atoms with van der Waals surface area (Å²) in [7, 11) is 3.26. The molecule has 3 rings (SSSR count). The Morgan fingerprint density at radius 3 is 2.22 bits per heavy atom. The van der Waals surface area contributed by atoms with E-state index in [0.29, 0.717) is 30.4 Å². The quantitative estimate of drug-likeness (QED) is 0.600. The second kappa shape index (κ2) is 9.14. The Labute approximate surface area is 159 Å². The van der Waals surface area contributed by atoms with Gasteiger partial charge in [0.2, 0.25) is 5.75 Å². The molecule has 0 fully saturated rings. The molecule has 3 aromatic rings. The van der Waals surface area contributed by atoms with E-state index in [9.17, 15) is 0 Å². The maximum atomic E-state index is 5.67. The van der Waals surface area contributed by atoms with Crippen molar-refractivity contribution >= 4 is 0 Å². The molecule has 0 saturated carbocycles. The second-order valence-electron chi connectivity index (χ2n) is 6.00. The molecule has 0 aliphatic heterocycles. The Hall–Kier alpha value is -2.92. The van der Waals surface area contributed by atoms with E-state index in [-0.39, 0.29) is 6.04 Å². The summed E-state index contributed by atoms with van der Waals surface area (Å²) in [5.41, 5.74) is 2.16. The fraction of sp³-hybridized carbons (Fsp3) is 0.273. The molecule has 5 nitrogen and oxygen atoms in total. The lowest BCUT2D eigenvalue weighted by atomic mass is 10.0. The third-order valence-corrected chi connectivity index (χ3v) is 4.28. The third kappa shape index (κ3) is 4.44. The number of rotatable bonds is 9. The van der Waals surface area contributed by atoms with Crippen molar-refractivity contribution in [2.45, 2.75) is 19.5 Å². The van der Waals surface area contributed by atoms with Gasteiger partial charge in [0.05, 0.1) is 33.1 Å². The lowest BCUT2D eigenvalue weighted by molar-refractivity contribution is 0.287. The largest absolute Gasteiger partial charge is 0.493 e. The van der Waals surface area contributed by atoms with Crippen LogP contribution >= 0.6 is 0 Å². The van der Waals surface area contributed by atoms with E-state index < -0.39 is 0 Å². The van der Waals surface area contributed by atoms with Crippen molar-refractivity contribution in [1.29, 1.82) is 0 Å². The van der Waals surface area contributed by atoms with Crippen LogP contribution in [-0.2, 0) is 6.54 Å². The summed E-state index contributed by atoms with van der Waals surface area (Å²) in [4.78, 5) is 0. The molecule has 0 spiro atoms. The number of hydrogen-bond acceptors (Lipinski definition) is 5. The molecule has 0 radical (unpaired) electrons. The van der Waals surface area contributed by atoms with E-state index in [1.165, 1.54) is 0 Å². The predicted molar refractivity (Wildman–Crippen MR) is 105 cm³/mol. The Balaban J connectivity index is 1.85. The number of furan rings is 1. The molecular formula is C22H25NO4. The Morgan fingerprint density at radius 1 is 0.963 bits per heavy atom. The zero-order valence-corrected chi connectivity index (χ0v) is 15.9. The zero-order chi connectivity index (χ0) is 19.1. The van der Waals surface area contributed by atoms with Crippen molar-refractivity contribution in [3.63, 3.8) is 0 Å².